The van der Waals surface area contributed by atoms with Crippen molar-refractivity contribution in [3.8, 4) is 6.07 Å². The lowest BCUT2D eigenvalue weighted by Gasteiger charge is -2.13. The molecule has 2 N–H and O–H groups in total. The molecule has 1 amide bonds. The number of hydrogen-bond donors (Lipinski definition) is 2. The summed E-state index contributed by atoms with van der Waals surface area (Å²) in [6.45, 7) is 1.90. The van der Waals surface area contributed by atoms with E-state index in [0.29, 0.717) is 11.3 Å². The monoisotopic (exact) mass is 317 g/mol. The molecule has 96 valence electrons. The normalized spacial score (nSPS) is 11.6. The average molecular weight is 318 g/mol. The molecule has 19 heavy (non-hydrogen) atoms. The van der Waals surface area contributed by atoms with Gasteiger partial charge < -0.3 is 10.3 Å². The van der Waals surface area contributed by atoms with Crippen molar-refractivity contribution >= 4 is 21.8 Å². The van der Waals surface area contributed by atoms with Gasteiger partial charge in [-0.05, 0) is 46.6 Å². The number of nitrogens with one attached hydrogen (secondary N) is 2. The molecule has 2 rings (SSSR count). The molecule has 0 spiro atoms. The number of carbonyl (C=O) groups is 1. The zero-order valence-corrected chi connectivity index (χ0v) is 11.9. The van der Waals surface area contributed by atoms with E-state index in [9.17, 15) is 4.79 Å². The number of nitrogens with zero attached hydrogens (tertiary/aromatic N) is 1. The molecule has 0 aliphatic carbocycles. The molecule has 0 radical (unpaired) electrons. The zero-order valence-electron chi connectivity index (χ0n) is 10.3. The third-order valence-electron chi connectivity index (χ3n) is 2.78. The maximum absolute atomic E-state index is 11.9. The van der Waals surface area contributed by atoms with Crippen LogP contribution in [0.15, 0.2) is 41.0 Å². The summed E-state index contributed by atoms with van der Waals surface area (Å²) in [4.78, 5) is 14.8. The van der Waals surface area contributed by atoms with Crippen molar-refractivity contribution in [2.75, 3.05) is 0 Å². The van der Waals surface area contributed by atoms with Crippen LogP contribution in [-0.4, -0.2) is 10.9 Å². The molecule has 4 nitrogen and oxygen atoms in total. The van der Waals surface area contributed by atoms with E-state index in [4.69, 9.17) is 5.26 Å². The Hall–Kier alpha value is -2.06. The van der Waals surface area contributed by atoms with Crippen LogP contribution >= 0.6 is 15.9 Å². The number of aromatic nitrogens is 1. The van der Waals surface area contributed by atoms with Gasteiger partial charge in [-0.15, -0.1) is 0 Å². The first-order valence-corrected chi connectivity index (χ1v) is 6.54. The van der Waals surface area contributed by atoms with E-state index in [1.165, 1.54) is 0 Å². The smallest absolute Gasteiger partial charge is 0.268 e. The quantitative estimate of drug-likeness (QED) is 0.913. The van der Waals surface area contributed by atoms with Gasteiger partial charge in [0.1, 0.15) is 5.69 Å². The van der Waals surface area contributed by atoms with Gasteiger partial charge in [-0.25, -0.2) is 0 Å². The number of carbonyl (C=O) groups excluding carboxylic acids is 1. The number of benzene rings is 1. The van der Waals surface area contributed by atoms with Crippen LogP contribution in [-0.2, 0) is 0 Å². The highest BCUT2D eigenvalue weighted by atomic mass is 79.9. The molecule has 2 aromatic rings. The highest BCUT2D eigenvalue weighted by molar-refractivity contribution is 9.10. The van der Waals surface area contributed by atoms with Crippen LogP contribution in [0.3, 0.4) is 0 Å². The van der Waals surface area contributed by atoms with Gasteiger partial charge in [0.2, 0.25) is 0 Å². The number of aromatic amines is 1. The fraction of sp³-hybridized carbons (Fsp3) is 0.143. The Balaban J connectivity index is 2.06. The summed E-state index contributed by atoms with van der Waals surface area (Å²) in [5.41, 5.74) is 2.07. The van der Waals surface area contributed by atoms with Crippen LogP contribution in [0.4, 0.5) is 0 Å². The first kappa shape index (κ1) is 13.4. The molecule has 0 fully saturated rings. The minimum absolute atomic E-state index is 0.123. The summed E-state index contributed by atoms with van der Waals surface area (Å²) < 4.78 is 0.837. The number of hydrogen-bond acceptors (Lipinski definition) is 2. The second-order valence-electron chi connectivity index (χ2n) is 4.16. The number of amides is 1. The number of nitriles is 1. The largest absolute Gasteiger partial charge is 0.356 e. The van der Waals surface area contributed by atoms with Crippen molar-refractivity contribution in [2.45, 2.75) is 13.0 Å². The predicted molar refractivity (Wildman–Crippen MR) is 75.5 cm³/mol. The maximum Gasteiger partial charge on any atom is 0.268 e. The highest BCUT2D eigenvalue weighted by Gasteiger charge is 2.12. The molecule has 1 atom stereocenters. The SMILES string of the molecule is CC(NC(=O)c1cc(Br)c[nH]1)c1ccc(C#N)cc1. The van der Waals surface area contributed by atoms with E-state index in [0.717, 1.165) is 10.0 Å². The lowest BCUT2D eigenvalue weighted by molar-refractivity contribution is 0.0935. The van der Waals surface area contributed by atoms with Crippen molar-refractivity contribution in [1.29, 1.82) is 5.26 Å². The van der Waals surface area contributed by atoms with Crippen LogP contribution in [0.1, 0.15) is 34.6 Å². The molecular weight excluding hydrogens is 306 g/mol. The van der Waals surface area contributed by atoms with Crippen LogP contribution in [0.25, 0.3) is 0 Å². The van der Waals surface area contributed by atoms with Gasteiger partial charge in [0.25, 0.3) is 5.91 Å². The third-order valence-corrected chi connectivity index (χ3v) is 3.24. The minimum Gasteiger partial charge on any atom is -0.356 e. The van der Waals surface area contributed by atoms with E-state index < -0.39 is 0 Å². The molecule has 1 aromatic heterocycles. The molecule has 5 heteroatoms. The Kier molecular flexibility index (Phi) is 4.03. The Morgan fingerprint density at radius 2 is 2.11 bits per heavy atom. The average Bonchev–Trinajstić information content (AvgIpc) is 2.85. The first-order chi connectivity index (χ1) is 9.10. The Labute approximate surface area is 119 Å². The van der Waals surface area contributed by atoms with E-state index >= 15 is 0 Å². The summed E-state index contributed by atoms with van der Waals surface area (Å²) in [5, 5.41) is 11.6. The fourth-order valence-corrected chi connectivity index (χ4v) is 2.05. The summed E-state index contributed by atoms with van der Waals surface area (Å²) in [7, 11) is 0. The van der Waals surface area contributed by atoms with Crippen molar-refractivity contribution in [3.05, 3.63) is 57.8 Å². The standard InChI is InChI=1S/C14H12BrN3O/c1-9(11-4-2-10(7-16)3-5-11)18-14(19)13-6-12(15)8-17-13/h2-6,8-9,17H,1H3,(H,18,19). The molecule has 1 aromatic carbocycles. The third kappa shape index (κ3) is 3.24. The molecule has 0 saturated heterocycles. The molecular formula is C14H12BrN3O. The lowest BCUT2D eigenvalue weighted by Crippen LogP contribution is -2.26. The highest BCUT2D eigenvalue weighted by Crippen LogP contribution is 2.15. The second-order valence-corrected chi connectivity index (χ2v) is 5.08. The molecule has 0 aliphatic heterocycles. The maximum atomic E-state index is 11.9. The molecule has 0 bridgehead atoms. The summed E-state index contributed by atoms with van der Waals surface area (Å²) >= 11 is 3.29. The summed E-state index contributed by atoms with van der Waals surface area (Å²) in [5.74, 6) is -0.164. The van der Waals surface area contributed by atoms with Crippen LogP contribution in [0.2, 0.25) is 0 Å². The number of halogens is 1. The molecule has 0 aliphatic rings. The van der Waals surface area contributed by atoms with Crippen LogP contribution < -0.4 is 5.32 Å². The minimum atomic E-state index is -0.164. The summed E-state index contributed by atoms with van der Waals surface area (Å²) in [6.07, 6.45) is 1.71. The number of rotatable bonds is 3. The molecule has 0 saturated carbocycles. The number of H-pyrrole nitrogens is 1. The van der Waals surface area contributed by atoms with E-state index in [1.54, 1.807) is 24.4 Å². The van der Waals surface area contributed by atoms with Gasteiger partial charge in [0.15, 0.2) is 0 Å². The van der Waals surface area contributed by atoms with Gasteiger partial charge in [-0.3, -0.25) is 4.79 Å². The van der Waals surface area contributed by atoms with Gasteiger partial charge in [-0.2, -0.15) is 5.26 Å². The topological polar surface area (TPSA) is 68.7 Å². The Bertz CT molecular complexity index is 625. The summed E-state index contributed by atoms with van der Waals surface area (Å²) in [6, 6.07) is 10.8. The van der Waals surface area contributed by atoms with E-state index in [-0.39, 0.29) is 11.9 Å². The van der Waals surface area contributed by atoms with Gasteiger partial charge >= 0.3 is 0 Å². The van der Waals surface area contributed by atoms with Crippen molar-refractivity contribution in [2.24, 2.45) is 0 Å². The van der Waals surface area contributed by atoms with Gasteiger partial charge in [-0.1, -0.05) is 12.1 Å². The van der Waals surface area contributed by atoms with Gasteiger partial charge in [0.05, 0.1) is 17.7 Å². The van der Waals surface area contributed by atoms with Crippen molar-refractivity contribution in [3.63, 3.8) is 0 Å². The Morgan fingerprint density at radius 1 is 1.42 bits per heavy atom. The van der Waals surface area contributed by atoms with Crippen LogP contribution in [0, 0.1) is 11.3 Å². The molecule has 1 unspecified atom stereocenters. The lowest BCUT2D eigenvalue weighted by atomic mass is 10.1. The Morgan fingerprint density at radius 3 is 2.63 bits per heavy atom. The second kappa shape index (κ2) is 5.72. The van der Waals surface area contributed by atoms with Crippen LogP contribution in [0.5, 0.6) is 0 Å². The van der Waals surface area contributed by atoms with E-state index in [2.05, 4.69) is 32.3 Å². The predicted octanol–water partition coefficient (Wildman–Crippen LogP) is 3.14. The zero-order chi connectivity index (χ0) is 13.8. The van der Waals surface area contributed by atoms with E-state index in [1.807, 2.05) is 19.1 Å². The molecule has 1 heterocycles. The first-order valence-electron chi connectivity index (χ1n) is 5.75. The van der Waals surface area contributed by atoms with Crippen molar-refractivity contribution in [1.82, 2.24) is 10.3 Å². The van der Waals surface area contributed by atoms with Crippen molar-refractivity contribution < 1.29 is 4.79 Å². The fourth-order valence-electron chi connectivity index (χ4n) is 1.70. The van der Waals surface area contributed by atoms with Gasteiger partial charge in [0, 0.05) is 10.7 Å².